The number of piperazine rings is 1. The zero-order chi connectivity index (χ0) is 18.9. The number of sulfone groups is 1. The second kappa shape index (κ2) is 7.56. The van der Waals surface area contributed by atoms with Crippen LogP contribution in [0.3, 0.4) is 0 Å². The third-order valence-electron chi connectivity index (χ3n) is 5.69. The lowest BCUT2D eigenvalue weighted by molar-refractivity contribution is -0.136. The van der Waals surface area contributed by atoms with E-state index in [0.717, 1.165) is 26.2 Å². The normalized spacial score (nSPS) is 24.4. The zero-order valence-corrected chi connectivity index (χ0v) is 16.7. The van der Waals surface area contributed by atoms with Gasteiger partial charge >= 0.3 is 0 Å². The molecule has 1 amide bonds. The van der Waals surface area contributed by atoms with Gasteiger partial charge in [-0.2, -0.15) is 0 Å². The summed E-state index contributed by atoms with van der Waals surface area (Å²) in [6.45, 7) is 7.48. The minimum Gasteiger partial charge on any atom is -0.369 e. The lowest BCUT2D eigenvalue weighted by Crippen LogP contribution is -2.55. The Labute approximate surface area is 156 Å². The second-order valence-electron chi connectivity index (χ2n) is 7.54. The van der Waals surface area contributed by atoms with Gasteiger partial charge in [0, 0.05) is 45.0 Å². The average Bonchev–Trinajstić information content (AvgIpc) is 3.00. The molecule has 0 N–H and O–H groups in total. The number of carbonyl (C=O) groups is 1. The van der Waals surface area contributed by atoms with E-state index in [2.05, 4.69) is 41.0 Å². The van der Waals surface area contributed by atoms with Crippen LogP contribution in [0, 0.1) is 6.92 Å². The number of hydrogen-bond acceptors (Lipinski definition) is 5. The lowest BCUT2D eigenvalue weighted by atomic mass is 10.1. The summed E-state index contributed by atoms with van der Waals surface area (Å²) in [7, 11) is -1.24. The molecule has 1 aromatic carbocycles. The summed E-state index contributed by atoms with van der Waals surface area (Å²) in [5, 5.41) is 0. The Hall–Kier alpha value is -1.60. The first kappa shape index (κ1) is 19.2. The highest BCUT2D eigenvalue weighted by Crippen LogP contribution is 2.21. The van der Waals surface area contributed by atoms with Crippen LogP contribution in [0.5, 0.6) is 0 Å². The fourth-order valence-corrected chi connectivity index (χ4v) is 5.68. The van der Waals surface area contributed by atoms with Crippen molar-refractivity contribution in [1.82, 2.24) is 9.80 Å². The molecule has 2 atom stereocenters. The summed E-state index contributed by atoms with van der Waals surface area (Å²) >= 11 is 0. The Morgan fingerprint density at radius 2 is 1.92 bits per heavy atom. The monoisotopic (exact) mass is 379 g/mol. The number of aryl methyl sites for hydroxylation is 1. The van der Waals surface area contributed by atoms with Crippen LogP contribution in [-0.2, 0) is 14.6 Å². The molecule has 0 bridgehead atoms. The molecule has 0 aliphatic carbocycles. The number of hydrogen-bond donors (Lipinski definition) is 0. The summed E-state index contributed by atoms with van der Waals surface area (Å²) in [6, 6.07) is 8.10. The van der Waals surface area contributed by atoms with Gasteiger partial charge in [-0.25, -0.2) is 8.42 Å². The molecule has 0 spiro atoms. The third-order valence-corrected chi connectivity index (χ3v) is 7.44. The molecule has 2 fully saturated rings. The van der Waals surface area contributed by atoms with Gasteiger partial charge in [-0.05, 0) is 38.0 Å². The molecule has 7 heteroatoms. The van der Waals surface area contributed by atoms with Crippen LogP contribution in [-0.4, -0.2) is 80.9 Å². The highest BCUT2D eigenvalue weighted by molar-refractivity contribution is 7.91. The molecule has 2 saturated heterocycles. The number of amides is 1. The smallest absolute Gasteiger partial charge is 0.239 e. The minimum atomic E-state index is -2.98. The number of benzene rings is 1. The van der Waals surface area contributed by atoms with Crippen molar-refractivity contribution in [2.75, 3.05) is 49.6 Å². The molecule has 2 heterocycles. The Bertz CT molecular complexity index is 757. The van der Waals surface area contributed by atoms with E-state index >= 15 is 0 Å². The molecule has 3 rings (SSSR count). The molecular formula is C19H29N3O3S. The molecule has 2 aliphatic rings. The van der Waals surface area contributed by atoms with Crippen molar-refractivity contribution in [2.24, 2.45) is 0 Å². The highest BCUT2D eigenvalue weighted by Gasteiger charge is 2.35. The van der Waals surface area contributed by atoms with Gasteiger partial charge in [0.25, 0.3) is 0 Å². The van der Waals surface area contributed by atoms with Crippen LogP contribution < -0.4 is 4.90 Å². The van der Waals surface area contributed by atoms with Crippen molar-refractivity contribution in [3.63, 3.8) is 0 Å². The van der Waals surface area contributed by atoms with E-state index in [4.69, 9.17) is 0 Å². The minimum absolute atomic E-state index is 0.0242. The van der Waals surface area contributed by atoms with Gasteiger partial charge in [-0.1, -0.05) is 12.1 Å². The van der Waals surface area contributed by atoms with Gasteiger partial charge in [0.15, 0.2) is 9.84 Å². The van der Waals surface area contributed by atoms with Crippen LogP contribution in [0.1, 0.15) is 18.9 Å². The molecule has 0 aromatic heterocycles. The van der Waals surface area contributed by atoms with Crippen LogP contribution in [0.2, 0.25) is 0 Å². The highest BCUT2D eigenvalue weighted by atomic mass is 32.2. The van der Waals surface area contributed by atoms with Crippen LogP contribution >= 0.6 is 0 Å². The van der Waals surface area contributed by atoms with Gasteiger partial charge in [0.1, 0.15) is 0 Å². The fraction of sp³-hybridized carbons (Fsp3) is 0.632. The summed E-state index contributed by atoms with van der Waals surface area (Å²) in [6.07, 6.45) is 0.554. The van der Waals surface area contributed by atoms with Crippen molar-refractivity contribution in [3.8, 4) is 0 Å². The molecule has 0 unspecified atom stereocenters. The van der Waals surface area contributed by atoms with Crippen molar-refractivity contribution < 1.29 is 13.2 Å². The Morgan fingerprint density at radius 1 is 1.23 bits per heavy atom. The number of carbonyl (C=O) groups excluding carboxylic acids is 1. The molecule has 144 valence electrons. The number of nitrogens with zero attached hydrogens (tertiary/aromatic N) is 3. The predicted octanol–water partition coefficient (Wildman–Crippen LogP) is 1.15. The summed E-state index contributed by atoms with van der Waals surface area (Å²) in [5.74, 6) is 0.318. The zero-order valence-electron chi connectivity index (χ0n) is 15.9. The van der Waals surface area contributed by atoms with E-state index in [1.165, 1.54) is 11.3 Å². The van der Waals surface area contributed by atoms with Crippen LogP contribution in [0.4, 0.5) is 5.69 Å². The van der Waals surface area contributed by atoms with Crippen molar-refractivity contribution in [3.05, 3.63) is 29.8 Å². The largest absolute Gasteiger partial charge is 0.369 e. The van der Waals surface area contributed by atoms with Crippen molar-refractivity contribution in [1.29, 1.82) is 0 Å². The van der Waals surface area contributed by atoms with Crippen molar-refractivity contribution >= 4 is 21.4 Å². The van der Waals surface area contributed by atoms with E-state index in [0.29, 0.717) is 6.42 Å². The predicted molar refractivity (Wildman–Crippen MR) is 104 cm³/mol. The van der Waals surface area contributed by atoms with Crippen LogP contribution in [0.15, 0.2) is 24.3 Å². The van der Waals surface area contributed by atoms with E-state index < -0.39 is 9.84 Å². The first-order chi connectivity index (χ1) is 12.3. The average molecular weight is 380 g/mol. The van der Waals surface area contributed by atoms with Gasteiger partial charge in [0.05, 0.1) is 17.5 Å². The maximum Gasteiger partial charge on any atom is 0.239 e. The Morgan fingerprint density at radius 3 is 2.50 bits per heavy atom. The molecule has 2 aliphatic heterocycles. The second-order valence-corrected chi connectivity index (χ2v) is 9.77. The Kier molecular flexibility index (Phi) is 5.58. The summed E-state index contributed by atoms with van der Waals surface area (Å²) < 4.78 is 23.4. The van der Waals surface area contributed by atoms with E-state index in [9.17, 15) is 13.2 Å². The first-order valence-corrected chi connectivity index (χ1v) is 11.1. The van der Waals surface area contributed by atoms with E-state index in [1.54, 1.807) is 11.9 Å². The van der Waals surface area contributed by atoms with E-state index in [-0.39, 0.29) is 29.5 Å². The maximum absolute atomic E-state index is 12.8. The summed E-state index contributed by atoms with van der Waals surface area (Å²) in [5.41, 5.74) is 2.48. The fourth-order valence-electron chi connectivity index (χ4n) is 3.90. The lowest BCUT2D eigenvalue weighted by Gasteiger charge is -2.40. The first-order valence-electron chi connectivity index (χ1n) is 9.29. The van der Waals surface area contributed by atoms with Gasteiger partial charge in [-0.3, -0.25) is 9.69 Å². The molecule has 6 nitrogen and oxygen atoms in total. The molecule has 26 heavy (non-hydrogen) atoms. The molecule has 0 radical (unpaired) electrons. The van der Waals surface area contributed by atoms with Crippen molar-refractivity contribution in [2.45, 2.75) is 32.4 Å². The number of rotatable bonds is 4. The summed E-state index contributed by atoms with van der Waals surface area (Å²) in [4.78, 5) is 19.0. The SMILES string of the molecule is Cc1cccc(N2CCN([C@@H](C)C(=O)N(C)[C@H]3CCS(=O)(=O)C3)CC2)c1. The van der Waals surface area contributed by atoms with Gasteiger partial charge in [0.2, 0.25) is 5.91 Å². The van der Waals surface area contributed by atoms with Gasteiger partial charge < -0.3 is 9.80 Å². The number of anilines is 1. The maximum atomic E-state index is 12.8. The quantitative estimate of drug-likeness (QED) is 0.785. The Balaban J connectivity index is 1.56. The van der Waals surface area contributed by atoms with Crippen LogP contribution in [0.25, 0.3) is 0 Å². The number of likely N-dealkylation sites (N-methyl/N-ethyl adjacent to an activating group) is 1. The van der Waals surface area contributed by atoms with E-state index in [1.807, 2.05) is 6.92 Å². The molecule has 0 saturated carbocycles. The third kappa shape index (κ3) is 4.20. The molecule has 1 aromatic rings. The topological polar surface area (TPSA) is 60.9 Å². The standard InChI is InChI=1S/C19H29N3O3S/c1-15-5-4-6-17(13-15)22-10-8-21(9-11-22)16(2)19(23)20(3)18-7-12-26(24,25)14-18/h4-6,13,16,18H,7-12,14H2,1-3H3/t16-,18-/m0/s1. The van der Waals surface area contributed by atoms with Gasteiger partial charge in [-0.15, -0.1) is 0 Å². The molecular weight excluding hydrogens is 350 g/mol.